The van der Waals surface area contributed by atoms with Gasteiger partial charge in [-0.15, -0.1) is 0 Å². The van der Waals surface area contributed by atoms with Gasteiger partial charge in [0.1, 0.15) is 0 Å². The number of benzene rings is 2. The van der Waals surface area contributed by atoms with Crippen LogP contribution in [-0.4, -0.2) is 19.5 Å². The first kappa shape index (κ1) is 26.2. The fourth-order valence-corrected chi connectivity index (χ4v) is 3.57. The van der Waals surface area contributed by atoms with Crippen molar-refractivity contribution in [2.24, 2.45) is 10.2 Å². The molecule has 0 aliphatic carbocycles. The highest BCUT2D eigenvalue weighted by Gasteiger charge is 2.18. The second-order valence-electron chi connectivity index (χ2n) is 7.92. The molecule has 0 spiro atoms. The van der Waals surface area contributed by atoms with Crippen LogP contribution in [0.3, 0.4) is 0 Å². The van der Waals surface area contributed by atoms with Gasteiger partial charge < -0.3 is 9.47 Å². The maximum absolute atomic E-state index is 8.99. The molecule has 8 nitrogen and oxygen atoms in total. The molecule has 176 valence electrons. The van der Waals surface area contributed by atoms with Crippen LogP contribution in [0.1, 0.15) is 75.1 Å². The highest BCUT2D eigenvalue weighted by atomic mass is 16.7. The molecule has 2 aromatic rings. The number of hydrogen-bond donors (Lipinski definition) is 0. The Hall–Kier alpha value is -3.02. The summed E-state index contributed by atoms with van der Waals surface area (Å²) in [6.07, 6.45) is 7.24. The van der Waals surface area contributed by atoms with Gasteiger partial charge in [-0.3, -0.25) is 0 Å². The number of ether oxygens (including phenoxy) is 2. The predicted octanol–water partition coefficient (Wildman–Crippen LogP) is 8.20. The van der Waals surface area contributed by atoms with E-state index in [4.69, 9.17) is 20.5 Å². The van der Waals surface area contributed by atoms with E-state index in [1.54, 1.807) is 0 Å². The minimum Gasteiger partial charge on any atom is -0.352 e. The van der Waals surface area contributed by atoms with Crippen molar-refractivity contribution in [3.8, 4) is 0 Å². The van der Waals surface area contributed by atoms with E-state index >= 15 is 0 Å². The molecule has 0 saturated carbocycles. The first-order chi connectivity index (χ1) is 16.3. The van der Waals surface area contributed by atoms with Gasteiger partial charge in [-0.2, -0.15) is 0 Å². The van der Waals surface area contributed by atoms with Crippen molar-refractivity contribution in [1.82, 2.24) is 0 Å². The summed E-state index contributed by atoms with van der Waals surface area (Å²) in [5.41, 5.74) is 19.8. The summed E-state index contributed by atoms with van der Waals surface area (Å²) in [6, 6.07) is 18.3. The lowest BCUT2D eigenvalue weighted by Crippen LogP contribution is -2.22. The van der Waals surface area contributed by atoms with Crippen molar-refractivity contribution in [2.75, 3.05) is 13.2 Å². The molecule has 0 aliphatic rings. The van der Waals surface area contributed by atoms with Crippen molar-refractivity contribution < 1.29 is 9.47 Å². The van der Waals surface area contributed by atoms with Gasteiger partial charge in [0.15, 0.2) is 6.29 Å². The van der Waals surface area contributed by atoms with Crippen LogP contribution in [0.15, 0.2) is 70.9 Å². The van der Waals surface area contributed by atoms with E-state index < -0.39 is 18.4 Å². The van der Waals surface area contributed by atoms with Gasteiger partial charge >= 0.3 is 0 Å². The molecule has 0 aromatic heterocycles. The Labute approximate surface area is 196 Å². The smallest absolute Gasteiger partial charge is 0.157 e. The largest absolute Gasteiger partial charge is 0.352 e. The van der Waals surface area contributed by atoms with Crippen LogP contribution in [0.2, 0.25) is 0 Å². The Morgan fingerprint density at radius 3 is 1.61 bits per heavy atom. The molecule has 2 unspecified atom stereocenters. The van der Waals surface area contributed by atoms with E-state index in [-0.39, 0.29) is 13.2 Å². The molecular weight excluding hydrogens is 416 g/mol. The molecule has 2 rings (SSSR count). The lowest BCUT2D eigenvalue weighted by molar-refractivity contribution is -0.152. The molecule has 0 fully saturated rings. The Morgan fingerprint density at radius 1 is 0.697 bits per heavy atom. The topological polar surface area (TPSA) is 116 Å². The molecule has 2 atom stereocenters. The second-order valence-corrected chi connectivity index (χ2v) is 7.92. The molecule has 0 aliphatic heterocycles. The summed E-state index contributed by atoms with van der Waals surface area (Å²) in [4.78, 5) is 5.96. The standard InChI is InChI=1S/C25H34N6O2/c1-2-3-4-5-6-13-18-25(32-19-23(28-30-26)21-14-9-7-10-15-21)33-20-24(29-31-27)22-16-11-8-12-17-22/h7-12,14-17,23-25H,2-6,13,18-20H2,1H3. The van der Waals surface area contributed by atoms with Crippen molar-refractivity contribution in [3.05, 3.63) is 92.7 Å². The number of rotatable bonds is 17. The van der Waals surface area contributed by atoms with Gasteiger partial charge in [0, 0.05) is 9.82 Å². The van der Waals surface area contributed by atoms with Gasteiger partial charge in [0.05, 0.1) is 25.3 Å². The normalized spacial score (nSPS) is 13.4. The number of azide groups is 2. The maximum atomic E-state index is 8.99. The third-order valence-corrected chi connectivity index (χ3v) is 5.42. The molecule has 33 heavy (non-hydrogen) atoms. The lowest BCUT2D eigenvalue weighted by Gasteiger charge is -2.23. The number of nitrogens with zero attached hydrogens (tertiary/aromatic N) is 6. The van der Waals surface area contributed by atoms with Gasteiger partial charge in [-0.1, -0.05) is 110 Å². The van der Waals surface area contributed by atoms with E-state index in [0.717, 1.165) is 30.4 Å². The summed E-state index contributed by atoms with van der Waals surface area (Å²) in [5, 5.41) is 7.80. The zero-order valence-electron chi connectivity index (χ0n) is 19.4. The summed E-state index contributed by atoms with van der Waals surface area (Å²) < 4.78 is 12.2. The Kier molecular flexibility index (Phi) is 13.2. The zero-order chi connectivity index (χ0) is 23.6. The van der Waals surface area contributed by atoms with E-state index in [9.17, 15) is 0 Å². The maximum Gasteiger partial charge on any atom is 0.157 e. The van der Waals surface area contributed by atoms with E-state index in [2.05, 4.69) is 27.0 Å². The average molecular weight is 451 g/mol. The minimum atomic E-state index is -0.476. The van der Waals surface area contributed by atoms with Crippen molar-refractivity contribution in [1.29, 1.82) is 0 Å². The van der Waals surface area contributed by atoms with E-state index in [0.29, 0.717) is 0 Å². The van der Waals surface area contributed by atoms with Crippen LogP contribution in [0.4, 0.5) is 0 Å². The molecule has 0 amide bonds. The first-order valence-corrected chi connectivity index (χ1v) is 11.7. The minimum absolute atomic E-state index is 0.214. The lowest BCUT2D eigenvalue weighted by atomic mass is 10.1. The van der Waals surface area contributed by atoms with Crippen LogP contribution in [0.5, 0.6) is 0 Å². The fourth-order valence-electron chi connectivity index (χ4n) is 3.57. The monoisotopic (exact) mass is 450 g/mol. The highest BCUT2D eigenvalue weighted by molar-refractivity contribution is 5.20. The molecule has 0 N–H and O–H groups in total. The molecule has 0 bridgehead atoms. The Bertz CT molecular complexity index is 801. The van der Waals surface area contributed by atoms with Crippen LogP contribution in [0.25, 0.3) is 20.9 Å². The van der Waals surface area contributed by atoms with E-state index in [1.807, 2.05) is 60.7 Å². The second kappa shape index (κ2) is 16.6. The van der Waals surface area contributed by atoms with E-state index in [1.165, 1.54) is 25.7 Å². The Balaban J connectivity index is 2.00. The number of unbranched alkanes of at least 4 members (excludes halogenated alkanes) is 5. The fraction of sp³-hybridized carbons (Fsp3) is 0.520. The third-order valence-electron chi connectivity index (χ3n) is 5.42. The van der Waals surface area contributed by atoms with Crippen LogP contribution < -0.4 is 0 Å². The summed E-state index contributed by atoms with van der Waals surface area (Å²) >= 11 is 0. The van der Waals surface area contributed by atoms with Crippen molar-refractivity contribution in [3.63, 3.8) is 0 Å². The molecule has 0 heterocycles. The van der Waals surface area contributed by atoms with Gasteiger partial charge in [0.25, 0.3) is 0 Å². The van der Waals surface area contributed by atoms with Crippen LogP contribution >= 0.6 is 0 Å². The molecular formula is C25H34N6O2. The first-order valence-electron chi connectivity index (χ1n) is 11.7. The number of hydrogen-bond acceptors (Lipinski definition) is 4. The third kappa shape index (κ3) is 10.4. The van der Waals surface area contributed by atoms with Gasteiger partial charge in [-0.05, 0) is 35.0 Å². The zero-order valence-corrected chi connectivity index (χ0v) is 19.4. The van der Waals surface area contributed by atoms with Gasteiger partial charge in [-0.25, -0.2) is 0 Å². The molecule has 0 radical (unpaired) electrons. The summed E-state index contributed by atoms with van der Waals surface area (Å²) in [7, 11) is 0. The summed E-state index contributed by atoms with van der Waals surface area (Å²) in [5.74, 6) is 0. The quantitative estimate of drug-likeness (QED) is 0.0794. The SMILES string of the molecule is CCCCCCCCC(OCC(N=[N+]=[N-])c1ccccc1)OCC(N=[N+]=[N-])c1ccccc1. The van der Waals surface area contributed by atoms with Crippen LogP contribution in [0, 0.1) is 0 Å². The van der Waals surface area contributed by atoms with Crippen molar-refractivity contribution >= 4 is 0 Å². The highest BCUT2D eigenvalue weighted by Crippen LogP contribution is 2.23. The molecule has 0 saturated heterocycles. The van der Waals surface area contributed by atoms with Crippen LogP contribution in [-0.2, 0) is 9.47 Å². The predicted molar refractivity (Wildman–Crippen MR) is 130 cm³/mol. The van der Waals surface area contributed by atoms with Crippen molar-refractivity contribution in [2.45, 2.75) is 70.2 Å². The molecule has 2 aromatic carbocycles. The Morgan fingerprint density at radius 2 is 1.15 bits per heavy atom. The van der Waals surface area contributed by atoms with Gasteiger partial charge in [0.2, 0.25) is 0 Å². The summed E-state index contributed by atoms with van der Waals surface area (Å²) in [6.45, 7) is 2.63. The molecule has 8 heteroatoms. The average Bonchev–Trinajstić information content (AvgIpc) is 2.86.